The van der Waals surface area contributed by atoms with Gasteiger partial charge in [-0.15, -0.1) is 0 Å². The van der Waals surface area contributed by atoms with Crippen LogP contribution >= 0.6 is 0 Å². The molecule has 0 saturated carbocycles. The second-order valence-corrected chi connectivity index (χ2v) is 3.03. The summed E-state index contributed by atoms with van der Waals surface area (Å²) in [4.78, 5) is 11.3. The van der Waals surface area contributed by atoms with Crippen molar-refractivity contribution in [3.63, 3.8) is 0 Å². The van der Waals surface area contributed by atoms with Crippen molar-refractivity contribution in [3.8, 4) is 0 Å². The van der Waals surface area contributed by atoms with E-state index in [2.05, 4.69) is 0 Å². The molecule has 0 radical (unpaired) electrons. The summed E-state index contributed by atoms with van der Waals surface area (Å²) in [5.41, 5.74) is 0.575. The van der Waals surface area contributed by atoms with Gasteiger partial charge in [0.15, 0.2) is 5.78 Å². The lowest BCUT2D eigenvalue weighted by Crippen LogP contribution is -2.06. The van der Waals surface area contributed by atoms with Crippen LogP contribution in [0.5, 0.6) is 0 Å². The summed E-state index contributed by atoms with van der Waals surface area (Å²) in [6.07, 6.45) is 0. The molecule has 0 atom stereocenters. The fourth-order valence-electron chi connectivity index (χ4n) is 0.947. The molecule has 0 N–H and O–H groups in total. The first-order valence-corrected chi connectivity index (χ1v) is 3.91. The highest BCUT2D eigenvalue weighted by Gasteiger charge is 2.09. The van der Waals surface area contributed by atoms with Gasteiger partial charge in [-0.3, -0.25) is 4.79 Å². The normalized spacial score (nSPS) is 10.3. The average Bonchev–Trinajstić information content (AvgIpc) is 2.04. The number of hydrogen-bond acceptors (Lipinski definition) is 1. The summed E-state index contributed by atoms with van der Waals surface area (Å²) in [5, 5.41) is 0. The van der Waals surface area contributed by atoms with E-state index in [1.54, 1.807) is 0 Å². The molecule has 0 fully saturated rings. The molecule has 1 aromatic carbocycles. The number of carbonyl (C=O) groups is 1. The lowest BCUT2D eigenvalue weighted by Gasteiger charge is -2.02. The van der Waals surface area contributed by atoms with Crippen LogP contribution in [-0.4, -0.2) is 5.78 Å². The molecule has 0 aromatic heterocycles. The fraction of sp³-hybridized carbons (Fsp3) is 0.300. The molecule has 1 nitrogen and oxygen atoms in total. The highest BCUT2D eigenvalue weighted by atomic mass is 19.1. The molecule has 1 aromatic rings. The summed E-state index contributed by atoms with van der Waals surface area (Å²) in [5.74, 6) is -0.291. The zero-order valence-corrected chi connectivity index (χ0v) is 7.17. The SMILES string of the molecule is CC(C)C(=O)c1ccc(F)cc1. The molecule has 12 heavy (non-hydrogen) atoms. The molecule has 0 aliphatic heterocycles. The van der Waals surface area contributed by atoms with Gasteiger partial charge in [0.2, 0.25) is 0 Å². The van der Waals surface area contributed by atoms with Crippen molar-refractivity contribution in [2.75, 3.05) is 0 Å². The van der Waals surface area contributed by atoms with E-state index in [1.807, 2.05) is 13.8 Å². The Labute approximate surface area is 71.2 Å². The van der Waals surface area contributed by atoms with Crippen molar-refractivity contribution < 1.29 is 9.18 Å². The second-order valence-electron chi connectivity index (χ2n) is 3.03. The number of hydrogen-bond donors (Lipinski definition) is 0. The lowest BCUT2D eigenvalue weighted by molar-refractivity contribution is 0.0939. The topological polar surface area (TPSA) is 17.1 Å². The first-order valence-electron chi connectivity index (χ1n) is 3.91. The Morgan fingerprint density at radius 2 is 1.75 bits per heavy atom. The molecule has 0 amide bonds. The van der Waals surface area contributed by atoms with E-state index in [9.17, 15) is 9.18 Å². The quantitative estimate of drug-likeness (QED) is 0.617. The minimum atomic E-state index is -0.310. The van der Waals surface area contributed by atoms with E-state index in [0.29, 0.717) is 5.56 Å². The van der Waals surface area contributed by atoms with E-state index >= 15 is 0 Å². The summed E-state index contributed by atoms with van der Waals surface area (Å²) >= 11 is 0. The van der Waals surface area contributed by atoms with Gasteiger partial charge in [-0.2, -0.15) is 0 Å². The lowest BCUT2D eigenvalue weighted by atomic mass is 10.0. The Balaban J connectivity index is 2.90. The number of halogens is 1. The van der Waals surface area contributed by atoms with Gasteiger partial charge in [0.1, 0.15) is 5.82 Å². The van der Waals surface area contributed by atoms with Crippen molar-refractivity contribution in [3.05, 3.63) is 35.6 Å². The third-order valence-electron chi connectivity index (χ3n) is 1.65. The molecule has 0 spiro atoms. The highest BCUT2D eigenvalue weighted by molar-refractivity contribution is 5.97. The Bertz CT molecular complexity index is 274. The van der Waals surface area contributed by atoms with Crippen LogP contribution in [0.25, 0.3) is 0 Å². The van der Waals surface area contributed by atoms with Crippen LogP contribution in [0.3, 0.4) is 0 Å². The zero-order chi connectivity index (χ0) is 9.14. The zero-order valence-electron chi connectivity index (χ0n) is 7.17. The number of benzene rings is 1. The van der Waals surface area contributed by atoms with E-state index in [1.165, 1.54) is 24.3 Å². The molecule has 0 bridgehead atoms. The van der Waals surface area contributed by atoms with E-state index < -0.39 is 0 Å². The van der Waals surface area contributed by atoms with Gasteiger partial charge in [-0.25, -0.2) is 4.39 Å². The van der Waals surface area contributed by atoms with Crippen LogP contribution in [0.4, 0.5) is 4.39 Å². The van der Waals surface area contributed by atoms with Gasteiger partial charge in [0.05, 0.1) is 0 Å². The van der Waals surface area contributed by atoms with Gasteiger partial charge in [-0.05, 0) is 24.3 Å². The largest absolute Gasteiger partial charge is 0.294 e. The summed E-state index contributed by atoms with van der Waals surface area (Å²) < 4.78 is 12.4. The Morgan fingerprint density at radius 1 is 1.25 bits per heavy atom. The van der Waals surface area contributed by atoms with E-state index in [0.717, 1.165) is 0 Å². The highest BCUT2D eigenvalue weighted by Crippen LogP contribution is 2.08. The molecule has 0 heterocycles. The summed E-state index contributed by atoms with van der Waals surface area (Å²) in [6.45, 7) is 3.65. The second kappa shape index (κ2) is 3.48. The third kappa shape index (κ3) is 1.91. The predicted octanol–water partition coefficient (Wildman–Crippen LogP) is 2.66. The maximum atomic E-state index is 12.4. The van der Waals surface area contributed by atoms with Crippen LogP contribution in [0.1, 0.15) is 24.2 Å². The monoisotopic (exact) mass is 166 g/mol. The predicted molar refractivity (Wildman–Crippen MR) is 45.6 cm³/mol. The molecule has 0 saturated heterocycles. The van der Waals surface area contributed by atoms with Gasteiger partial charge >= 0.3 is 0 Å². The smallest absolute Gasteiger partial charge is 0.165 e. The maximum absolute atomic E-state index is 12.4. The molecular weight excluding hydrogens is 155 g/mol. The molecule has 64 valence electrons. The standard InChI is InChI=1S/C10H11FO/c1-7(2)10(12)8-3-5-9(11)6-4-8/h3-7H,1-2H3. The van der Waals surface area contributed by atoms with Crippen LogP contribution in [-0.2, 0) is 0 Å². The number of carbonyl (C=O) groups excluding carboxylic acids is 1. The molecule has 0 aliphatic rings. The molecule has 2 heteroatoms. The number of rotatable bonds is 2. The molecular formula is C10H11FO. The van der Waals surface area contributed by atoms with Gasteiger partial charge in [0, 0.05) is 11.5 Å². The van der Waals surface area contributed by atoms with Crippen molar-refractivity contribution >= 4 is 5.78 Å². The van der Waals surface area contributed by atoms with Gasteiger partial charge < -0.3 is 0 Å². The summed E-state index contributed by atoms with van der Waals surface area (Å²) in [7, 11) is 0. The van der Waals surface area contributed by atoms with Gasteiger partial charge in [0.25, 0.3) is 0 Å². The van der Waals surface area contributed by atoms with Crippen molar-refractivity contribution in [2.24, 2.45) is 5.92 Å². The van der Waals surface area contributed by atoms with Crippen LogP contribution < -0.4 is 0 Å². The summed E-state index contributed by atoms with van der Waals surface area (Å²) in [6, 6.07) is 5.63. The minimum Gasteiger partial charge on any atom is -0.294 e. The van der Waals surface area contributed by atoms with Crippen LogP contribution in [0, 0.1) is 11.7 Å². The van der Waals surface area contributed by atoms with Crippen LogP contribution in [0.2, 0.25) is 0 Å². The first kappa shape index (κ1) is 8.91. The first-order chi connectivity index (χ1) is 5.61. The van der Waals surface area contributed by atoms with Crippen molar-refractivity contribution in [1.82, 2.24) is 0 Å². The van der Waals surface area contributed by atoms with Crippen LogP contribution in [0.15, 0.2) is 24.3 Å². The average molecular weight is 166 g/mol. The Hall–Kier alpha value is -1.18. The Kier molecular flexibility index (Phi) is 2.58. The van der Waals surface area contributed by atoms with E-state index in [4.69, 9.17) is 0 Å². The minimum absolute atomic E-state index is 0.0320. The third-order valence-corrected chi connectivity index (χ3v) is 1.65. The molecule has 0 unspecified atom stereocenters. The fourth-order valence-corrected chi connectivity index (χ4v) is 0.947. The number of ketones is 1. The van der Waals surface area contributed by atoms with Crippen molar-refractivity contribution in [1.29, 1.82) is 0 Å². The number of Topliss-reactive ketones (excluding diaryl/α,β-unsaturated/α-hetero) is 1. The molecule has 1 rings (SSSR count). The van der Waals surface area contributed by atoms with Crippen molar-refractivity contribution in [2.45, 2.75) is 13.8 Å². The van der Waals surface area contributed by atoms with Gasteiger partial charge in [-0.1, -0.05) is 13.8 Å². The molecule has 0 aliphatic carbocycles. The maximum Gasteiger partial charge on any atom is 0.165 e. The Morgan fingerprint density at radius 3 is 2.17 bits per heavy atom. The van der Waals surface area contributed by atoms with E-state index in [-0.39, 0.29) is 17.5 Å².